The lowest BCUT2D eigenvalue weighted by molar-refractivity contribution is 0.596. The molecule has 3 aromatic carbocycles. The van der Waals surface area contributed by atoms with Crippen molar-refractivity contribution in [1.29, 1.82) is 0 Å². The molecular weight excluding hydrogens is 434 g/mol. The summed E-state index contributed by atoms with van der Waals surface area (Å²) >= 11 is 1.83. The van der Waals surface area contributed by atoms with E-state index < -0.39 is 0 Å². The molecule has 0 aliphatic carbocycles. The molecule has 3 heteroatoms. The van der Waals surface area contributed by atoms with E-state index in [-0.39, 0.29) is 5.41 Å². The average molecular weight is 462 g/mol. The lowest BCUT2D eigenvalue weighted by atomic mass is 9.82. The quantitative estimate of drug-likeness (QED) is 0.257. The number of benzene rings is 3. The summed E-state index contributed by atoms with van der Waals surface area (Å²) in [5.41, 5.74) is 8.21. The minimum Gasteiger partial charge on any atom is -0.464 e. The van der Waals surface area contributed by atoms with Crippen LogP contribution in [0.15, 0.2) is 77.5 Å². The Labute approximate surface area is 203 Å². The van der Waals surface area contributed by atoms with Crippen molar-refractivity contribution in [3.63, 3.8) is 0 Å². The van der Waals surface area contributed by atoms with Crippen LogP contribution in [0.5, 0.6) is 0 Å². The molecule has 0 unspecified atom stereocenters. The van der Waals surface area contributed by atoms with Gasteiger partial charge in [0.2, 0.25) is 0 Å². The Morgan fingerprint density at radius 1 is 0.853 bits per heavy atom. The van der Waals surface area contributed by atoms with Crippen molar-refractivity contribution in [3.05, 3.63) is 89.8 Å². The van der Waals surface area contributed by atoms with Crippen molar-refractivity contribution >= 4 is 43.2 Å². The van der Waals surface area contributed by atoms with E-state index in [1.165, 1.54) is 58.9 Å². The molecule has 0 amide bonds. The van der Waals surface area contributed by atoms with E-state index in [0.717, 1.165) is 11.3 Å². The van der Waals surface area contributed by atoms with Gasteiger partial charge in [0.25, 0.3) is 0 Å². The molecule has 0 fully saturated rings. The maximum absolute atomic E-state index is 5.80. The van der Waals surface area contributed by atoms with Gasteiger partial charge in [0.15, 0.2) is 0 Å². The fraction of sp³-hybridized carbons (Fsp3) is 0.194. The summed E-state index contributed by atoms with van der Waals surface area (Å²) in [6, 6.07) is 22.0. The van der Waals surface area contributed by atoms with Crippen LogP contribution in [0.25, 0.3) is 53.5 Å². The number of hydrogen-bond donors (Lipinski definition) is 0. The number of aryl methyl sites for hydroxylation is 2. The minimum atomic E-state index is 0.0367. The molecule has 6 rings (SSSR count). The summed E-state index contributed by atoms with van der Waals surface area (Å²) in [4.78, 5) is 6.19. The monoisotopic (exact) mass is 461 g/mol. The number of hydrogen-bond acceptors (Lipinski definition) is 3. The van der Waals surface area contributed by atoms with Crippen molar-refractivity contribution in [3.8, 4) is 21.7 Å². The van der Waals surface area contributed by atoms with E-state index in [4.69, 9.17) is 9.40 Å². The molecule has 0 saturated carbocycles. The van der Waals surface area contributed by atoms with Crippen LogP contribution in [-0.4, -0.2) is 4.98 Å². The van der Waals surface area contributed by atoms with Gasteiger partial charge in [0.05, 0.1) is 12.0 Å². The normalized spacial score (nSPS) is 12.3. The molecule has 0 spiro atoms. The number of furan rings is 1. The highest BCUT2D eigenvalue weighted by atomic mass is 32.1. The molecule has 0 aliphatic rings. The molecule has 3 heterocycles. The van der Waals surface area contributed by atoms with Crippen LogP contribution in [0.2, 0.25) is 0 Å². The van der Waals surface area contributed by atoms with Gasteiger partial charge in [-0.05, 0) is 76.6 Å². The number of pyridine rings is 1. The number of thiophene rings is 1. The van der Waals surface area contributed by atoms with Crippen molar-refractivity contribution in [2.24, 2.45) is 0 Å². The Balaban J connectivity index is 1.59. The molecule has 6 aromatic rings. The van der Waals surface area contributed by atoms with Gasteiger partial charge >= 0.3 is 0 Å². The Bertz CT molecular complexity index is 1710. The highest BCUT2D eigenvalue weighted by molar-refractivity contribution is 7.22. The van der Waals surface area contributed by atoms with Gasteiger partial charge in [-0.15, -0.1) is 11.3 Å². The first-order chi connectivity index (χ1) is 16.3. The second-order valence-corrected chi connectivity index (χ2v) is 11.3. The molecule has 0 aliphatic heterocycles. The number of aromatic nitrogens is 1. The zero-order valence-electron chi connectivity index (χ0n) is 20.2. The molecule has 168 valence electrons. The van der Waals surface area contributed by atoms with Crippen LogP contribution >= 0.6 is 11.3 Å². The van der Waals surface area contributed by atoms with Gasteiger partial charge in [-0.2, -0.15) is 0 Å². The summed E-state index contributed by atoms with van der Waals surface area (Å²) in [6.45, 7) is 11.2. The molecular formula is C31H27NOS. The Hall–Kier alpha value is -3.43. The summed E-state index contributed by atoms with van der Waals surface area (Å²) in [6.07, 6.45) is 3.78. The van der Waals surface area contributed by atoms with E-state index in [9.17, 15) is 0 Å². The third kappa shape index (κ3) is 3.26. The van der Waals surface area contributed by atoms with Gasteiger partial charge in [-0.3, -0.25) is 4.98 Å². The highest BCUT2D eigenvalue weighted by Gasteiger charge is 2.21. The van der Waals surface area contributed by atoms with Crippen molar-refractivity contribution in [2.75, 3.05) is 0 Å². The highest BCUT2D eigenvalue weighted by Crippen LogP contribution is 2.44. The zero-order valence-corrected chi connectivity index (χ0v) is 21.0. The predicted molar refractivity (Wildman–Crippen MR) is 146 cm³/mol. The topological polar surface area (TPSA) is 26.0 Å². The van der Waals surface area contributed by atoms with Gasteiger partial charge in [-0.1, -0.05) is 57.2 Å². The van der Waals surface area contributed by atoms with Crippen molar-refractivity contribution in [1.82, 2.24) is 4.98 Å². The third-order valence-electron chi connectivity index (χ3n) is 6.81. The molecule has 3 aromatic heterocycles. The fourth-order valence-electron chi connectivity index (χ4n) is 5.06. The van der Waals surface area contributed by atoms with E-state index in [0.29, 0.717) is 0 Å². The first-order valence-corrected chi connectivity index (χ1v) is 12.5. The Kier molecular flexibility index (Phi) is 4.69. The van der Waals surface area contributed by atoms with Crippen LogP contribution in [0, 0.1) is 13.8 Å². The largest absolute Gasteiger partial charge is 0.464 e. The Morgan fingerprint density at radius 3 is 2.50 bits per heavy atom. The first kappa shape index (κ1) is 21.1. The molecule has 2 nitrogen and oxygen atoms in total. The van der Waals surface area contributed by atoms with E-state index >= 15 is 0 Å². The van der Waals surface area contributed by atoms with Crippen LogP contribution < -0.4 is 0 Å². The zero-order chi connectivity index (χ0) is 23.6. The van der Waals surface area contributed by atoms with Crippen LogP contribution in [0.4, 0.5) is 0 Å². The second kappa shape index (κ2) is 7.54. The number of rotatable bonds is 2. The summed E-state index contributed by atoms with van der Waals surface area (Å²) in [7, 11) is 0. The van der Waals surface area contributed by atoms with Crippen LogP contribution in [0.1, 0.15) is 37.5 Å². The second-order valence-electron chi connectivity index (χ2n) is 10.2. The third-order valence-corrected chi connectivity index (χ3v) is 8.12. The Morgan fingerprint density at radius 2 is 1.68 bits per heavy atom. The number of fused-ring (bicyclic) bond motifs is 3. The van der Waals surface area contributed by atoms with E-state index in [2.05, 4.69) is 95.3 Å². The maximum atomic E-state index is 5.80. The summed E-state index contributed by atoms with van der Waals surface area (Å²) in [5.74, 6) is 0. The van der Waals surface area contributed by atoms with Gasteiger partial charge < -0.3 is 4.42 Å². The summed E-state index contributed by atoms with van der Waals surface area (Å²) in [5, 5.41) is 5.00. The van der Waals surface area contributed by atoms with E-state index in [1.807, 2.05) is 23.8 Å². The van der Waals surface area contributed by atoms with Gasteiger partial charge in [0, 0.05) is 32.1 Å². The lowest BCUT2D eigenvalue weighted by Crippen LogP contribution is -2.12. The minimum absolute atomic E-state index is 0.0367. The SMILES string of the molecule is Cc1coc2cc(-c3sc4ccnc(-c5cc(C(C)(C)C)c6ccccc6c5)c4c3C)ccc12. The molecule has 0 saturated heterocycles. The fourth-order valence-corrected chi connectivity index (χ4v) is 6.26. The van der Waals surface area contributed by atoms with Gasteiger partial charge in [0.1, 0.15) is 5.58 Å². The smallest absolute Gasteiger partial charge is 0.134 e. The number of nitrogens with zero attached hydrogens (tertiary/aromatic N) is 1. The van der Waals surface area contributed by atoms with Crippen LogP contribution in [-0.2, 0) is 5.41 Å². The maximum Gasteiger partial charge on any atom is 0.134 e. The standard InChI is InChI=1S/C31H27NOS/c1-18-17-33-26-16-21(10-11-23(18)26)30-19(2)28-27(34-30)12-13-32-29(28)22-14-20-8-6-7-9-24(20)25(15-22)31(3,4)5/h6-17H,1-5H3. The molecule has 0 radical (unpaired) electrons. The summed E-state index contributed by atoms with van der Waals surface area (Å²) < 4.78 is 7.06. The molecule has 0 N–H and O–H groups in total. The van der Waals surface area contributed by atoms with Gasteiger partial charge in [-0.25, -0.2) is 0 Å². The lowest BCUT2D eigenvalue weighted by Gasteiger charge is -2.23. The van der Waals surface area contributed by atoms with E-state index in [1.54, 1.807) is 0 Å². The van der Waals surface area contributed by atoms with Crippen molar-refractivity contribution < 1.29 is 4.42 Å². The molecule has 0 bridgehead atoms. The molecule has 34 heavy (non-hydrogen) atoms. The molecule has 0 atom stereocenters. The van der Waals surface area contributed by atoms with Crippen molar-refractivity contribution in [2.45, 2.75) is 40.0 Å². The average Bonchev–Trinajstić information content (AvgIpc) is 3.37. The van der Waals surface area contributed by atoms with Crippen LogP contribution in [0.3, 0.4) is 0 Å². The predicted octanol–water partition coefficient (Wildman–Crippen LogP) is 9.44. The first-order valence-electron chi connectivity index (χ1n) is 11.7.